The highest BCUT2D eigenvalue weighted by Crippen LogP contribution is 2.29. The Morgan fingerprint density at radius 2 is 2.05 bits per heavy atom. The van der Waals surface area contributed by atoms with Gasteiger partial charge in [0.1, 0.15) is 4.90 Å². The van der Waals surface area contributed by atoms with Crippen LogP contribution in [0.3, 0.4) is 0 Å². The first-order valence-corrected chi connectivity index (χ1v) is 9.24. The van der Waals surface area contributed by atoms with Crippen LogP contribution in [0.2, 0.25) is 0 Å². The van der Waals surface area contributed by atoms with Crippen LogP contribution < -0.4 is 10.5 Å². The van der Waals surface area contributed by atoms with E-state index in [9.17, 15) is 8.42 Å². The number of aryl methyl sites for hydroxylation is 1. The summed E-state index contributed by atoms with van der Waals surface area (Å²) in [7, 11) is -3.57. The van der Waals surface area contributed by atoms with E-state index in [-0.39, 0.29) is 17.5 Å². The van der Waals surface area contributed by atoms with Crippen molar-refractivity contribution < 1.29 is 8.42 Å². The molecule has 0 amide bonds. The van der Waals surface area contributed by atoms with Crippen molar-refractivity contribution in [3.8, 4) is 0 Å². The lowest BCUT2D eigenvalue weighted by atomic mass is 9.83. The maximum absolute atomic E-state index is 12.7. The van der Waals surface area contributed by atoms with E-state index in [1.54, 1.807) is 6.92 Å². The second kappa shape index (κ2) is 6.89. The van der Waals surface area contributed by atoms with Gasteiger partial charge in [-0.15, -0.1) is 0 Å². The molecule has 1 aliphatic carbocycles. The van der Waals surface area contributed by atoms with E-state index < -0.39 is 10.0 Å². The van der Waals surface area contributed by atoms with Crippen molar-refractivity contribution in [1.82, 2.24) is 14.9 Å². The Morgan fingerprint density at radius 1 is 1.38 bits per heavy atom. The van der Waals surface area contributed by atoms with Gasteiger partial charge in [0.2, 0.25) is 10.0 Å². The molecular weight excluding hydrogens is 288 g/mol. The van der Waals surface area contributed by atoms with Gasteiger partial charge in [0, 0.05) is 12.6 Å². The van der Waals surface area contributed by atoms with E-state index in [0.29, 0.717) is 17.3 Å². The van der Waals surface area contributed by atoms with Gasteiger partial charge in [-0.1, -0.05) is 26.2 Å². The molecule has 0 radical (unpaired) electrons. The van der Waals surface area contributed by atoms with E-state index in [4.69, 9.17) is 5.73 Å². The highest BCUT2D eigenvalue weighted by Gasteiger charge is 2.30. The molecule has 120 valence electrons. The van der Waals surface area contributed by atoms with Crippen molar-refractivity contribution in [2.75, 3.05) is 0 Å². The SMILES string of the molecule is CCC(NS(=O)(=O)c1c(CN)n[nH]c1C)C1CCCCC1. The average Bonchev–Trinajstić information content (AvgIpc) is 2.87. The molecule has 4 N–H and O–H groups in total. The fourth-order valence-corrected chi connectivity index (χ4v) is 5.04. The summed E-state index contributed by atoms with van der Waals surface area (Å²) in [5.41, 5.74) is 6.54. The summed E-state index contributed by atoms with van der Waals surface area (Å²) < 4.78 is 28.2. The normalized spacial score (nSPS) is 18.8. The van der Waals surface area contributed by atoms with Crippen molar-refractivity contribution in [3.05, 3.63) is 11.4 Å². The zero-order valence-corrected chi connectivity index (χ0v) is 13.7. The maximum Gasteiger partial charge on any atom is 0.244 e. The van der Waals surface area contributed by atoms with Gasteiger partial charge >= 0.3 is 0 Å². The van der Waals surface area contributed by atoms with Gasteiger partial charge in [0.25, 0.3) is 0 Å². The summed E-state index contributed by atoms with van der Waals surface area (Å²) >= 11 is 0. The van der Waals surface area contributed by atoms with Crippen molar-refractivity contribution in [2.45, 2.75) is 69.9 Å². The summed E-state index contributed by atoms with van der Waals surface area (Å²) in [4.78, 5) is 0.222. The Kier molecular flexibility index (Phi) is 5.40. The molecule has 7 heteroatoms. The lowest BCUT2D eigenvalue weighted by Crippen LogP contribution is -2.41. The van der Waals surface area contributed by atoms with Gasteiger partial charge in [-0.25, -0.2) is 13.1 Å². The van der Waals surface area contributed by atoms with E-state index in [1.807, 2.05) is 6.92 Å². The first kappa shape index (κ1) is 16.5. The summed E-state index contributed by atoms with van der Waals surface area (Å²) in [5.74, 6) is 0.437. The maximum atomic E-state index is 12.7. The Labute approximate surface area is 126 Å². The first-order chi connectivity index (χ1) is 9.99. The Balaban J connectivity index is 2.20. The van der Waals surface area contributed by atoms with Crippen LogP contribution in [0.5, 0.6) is 0 Å². The van der Waals surface area contributed by atoms with Crippen molar-refractivity contribution in [1.29, 1.82) is 0 Å². The Hall–Kier alpha value is -0.920. The first-order valence-electron chi connectivity index (χ1n) is 7.75. The van der Waals surface area contributed by atoms with Gasteiger partial charge in [-0.3, -0.25) is 5.10 Å². The van der Waals surface area contributed by atoms with Gasteiger partial charge in [0.15, 0.2) is 0 Å². The molecule has 2 rings (SSSR count). The number of hydrogen-bond acceptors (Lipinski definition) is 4. The van der Waals surface area contributed by atoms with Crippen LogP contribution >= 0.6 is 0 Å². The van der Waals surface area contributed by atoms with Crippen LogP contribution in [0, 0.1) is 12.8 Å². The third kappa shape index (κ3) is 3.64. The second-order valence-corrected chi connectivity index (χ2v) is 7.51. The highest BCUT2D eigenvalue weighted by atomic mass is 32.2. The molecule has 0 saturated heterocycles. The quantitative estimate of drug-likeness (QED) is 0.745. The zero-order valence-electron chi connectivity index (χ0n) is 12.9. The molecule has 1 saturated carbocycles. The van der Waals surface area contributed by atoms with Gasteiger partial charge in [-0.2, -0.15) is 5.10 Å². The molecule has 1 aliphatic rings. The number of rotatable bonds is 6. The van der Waals surface area contributed by atoms with Crippen molar-refractivity contribution in [3.63, 3.8) is 0 Å². The smallest absolute Gasteiger partial charge is 0.244 e. The van der Waals surface area contributed by atoms with Crippen molar-refractivity contribution in [2.24, 2.45) is 11.7 Å². The van der Waals surface area contributed by atoms with Gasteiger partial charge in [0.05, 0.1) is 11.4 Å². The monoisotopic (exact) mass is 314 g/mol. The number of nitrogens with zero attached hydrogens (tertiary/aromatic N) is 1. The average molecular weight is 314 g/mol. The summed E-state index contributed by atoms with van der Waals surface area (Å²) in [5, 5.41) is 6.69. The van der Waals surface area contributed by atoms with Crippen molar-refractivity contribution >= 4 is 10.0 Å². The molecule has 6 nitrogen and oxygen atoms in total. The number of nitrogens with one attached hydrogen (secondary N) is 2. The molecule has 0 spiro atoms. The van der Waals surface area contributed by atoms with Crippen LogP contribution in [0.25, 0.3) is 0 Å². The standard InChI is InChI=1S/C14H26N4O2S/c1-3-12(11-7-5-4-6-8-11)18-21(19,20)14-10(2)16-17-13(14)9-15/h11-12,18H,3-9,15H2,1-2H3,(H,16,17). The predicted octanol–water partition coefficient (Wildman–Crippen LogP) is 1.81. The van der Waals surface area contributed by atoms with Gasteiger partial charge in [-0.05, 0) is 32.1 Å². The molecule has 0 aliphatic heterocycles. The number of aromatic nitrogens is 2. The minimum absolute atomic E-state index is 0.00442. The molecular formula is C14H26N4O2S. The van der Waals surface area contributed by atoms with E-state index in [2.05, 4.69) is 14.9 Å². The van der Waals surface area contributed by atoms with Crippen LogP contribution in [-0.2, 0) is 16.6 Å². The lowest BCUT2D eigenvalue weighted by molar-refractivity contribution is 0.285. The molecule has 1 fully saturated rings. The number of sulfonamides is 1. The second-order valence-electron chi connectivity index (χ2n) is 5.86. The van der Waals surface area contributed by atoms with Crippen LogP contribution in [0.15, 0.2) is 4.90 Å². The Bertz CT molecular complexity index is 562. The van der Waals surface area contributed by atoms with E-state index in [0.717, 1.165) is 19.3 Å². The molecule has 1 heterocycles. The molecule has 21 heavy (non-hydrogen) atoms. The molecule has 1 aromatic heterocycles. The van der Waals surface area contributed by atoms with Crippen LogP contribution in [-0.4, -0.2) is 24.7 Å². The molecule has 0 bridgehead atoms. The predicted molar refractivity (Wildman–Crippen MR) is 82.2 cm³/mol. The van der Waals surface area contributed by atoms with Crippen LogP contribution in [0.1, 0.15) is 56.8 Å². The fraction of sp³-hybridized carbons (Fsp3) is 0.786. The minimum Gasteiger partial charge on any atom is -0.325 e. The molecule has 0 aromatic carbocycles. The summed E-state index contributed by atoms with van der Waals surface area (Å²) in [6.07, 6.45) is 6.67. The van der Waals surface area contributed by atoms with Gasteiger partial charge < -0.3 is 5.73 Å². The Morgan fingerprint density at radius 3 is 2.62 bits per heavy atom. The molecule has 1 unspecified atom stereocenters. The third-order valence-electron chi connectivity index (χ3n) is 4.39. The topological polar surface area (TPSA) is 101 Å². The number of H-pyrrole nitrogens is 1. The lowest BCUT2D eigenvalue weighted by Gasteiger charge is -2.30. The zero-order chi connectivity index (χ0) is 15.5. The largest absolute Gasteiger partial charge is 0.325 e. The number of hydrogen-bond donors (Lipinski definition) is 3. The van der Waals surface area contributed by atoms with E-state index in [1.165, 1.54) is 19.3 Å². The van der Waals surface area contributed by atoms with E-state index >= 15 is 0 Å². The fourth-order valence-electron chi connectivity index (χ4n) is 3.27. The molecule has 1 aromatic rings. The highest BCUT2D eigenvalue weighted by molar-refractivity contribution is 7.89. The third-order valence-corrected chi connectivity index (χ3v) is 6.08. The molecule has 1 atom stereocenters. The summed E-state index contributed by atoms with van der Waals surface area (Å²) in [6, 6.07) is -0.00442. The minimum atomic E-state index is -3.57. The summed E-state index contributed by atoms with van der Waals surface area (Å²) in [6.45, 7) is 3.86. The number of aromatic amines is 1. The number of nitrogens with two attached hydrogens (primary N) is 1. The van der Waals surface area contributed by atoms with Crippen LogP contribution in [0.4, 0.5) is 0 Å².